The van der Waals surface area contributed by atoms with Crippen LogP contribution in [0.1, 0.15) is 203 Å². The third-order valence-electron chi connectivity index (χ3n) is 17.5. The van der Waals surface area contributed by atoms with Gasteiger partial charge in [-0.05, 0) is 126 Å². The third kappa shape index (κ3) is 12.4. The van der Waals surface area contributed by atoms with Crippen LogP contribution in [0.3, 0.4) is 0 Å². The zero-order valence-corrected chi connectivity index (χ0v) is 58.6. The molecule has 12 aromatic rings. The minimum absolute atomic E-state index is 0. The summed E-state index contributed by atoms with van der Waals surface area (Å²) < 4.78 is 4.64. The molecule has 3 aromatic heterocycles. The molecule has 0 aliphatic carbocycles. The van der Waals surface area contributed by atoms with Crippen molar-refractivity contribution >= 4 is 77.4 Å². The normalized spacial score (nSPS) is 12.4. The fraction of sp³-hybridized carbons (Fsp3) is 0.300. The second-order valence-corrected chi connectivity index (χ2v) is 26.1. The Morgan fingerprint density at radius 3 is 1.02 bits per heavy atom. The predicted molar refractivity (Wildman–Crippen MR) is 367 cm³/mol. The van der Waals surface area contributed by atoms with Gasteiger partial charge in [0, 0.05) is 67.5 Å². The van der Waals surface area contributed by atoms with E-state index in [0.29, 0.717) is 47.3 Å². The second-order valence-electron chi connectivity index (χ2n) is 26.1. The molecule has 462 valence electrons. The quantitative estimate of drug-likeness (QED) is 0.0695. The molecule has 0 amide bonds. The van der Waals surface area contributed by atoms with E-state index in [1.807, 2.05) is 12.1 Å². The van der Waals surface area contributed by atoms with Crippen molar-refractivity contribution in [3.05, 3.63) is 239 Å². The van der Waals surface area contributed by atoms with Gasteiger partial charge in [-0.1, -0.05) is 281 Å². The number of hydrogen-bond acceptors (Lipinski definition) is 2. The third-order valence-corrected chi connectivity index (χ3v) is 17.5. The standard InChI is InChI=1S/C31H39N2.C31H38N2.C18H10N2.2Au/c2*1-20(2)24-13-11-14-25(21(3)4)30(24)32-19-33(29-18-10-9-17-28(29)32)31-26(22(5)6)15-12-16-27(31)23(7)8;1-3-7-15-11(5-1)13-9-18-14(10-17(13)19-15)12-6-2-4-8-16(12)20-18;;/h9-23H,1-8H3;9-18,20-23H,1-8H3;1-10H;;/q-1;;-2;;. The first-order valence-corrected chi connectivity index (χ1v) is 31.6. The molecule has 2 radical (unpaired) electrons. The van der Waals surface area contributed by atoms with Gasteiger partial charge in [0.1, 0.15) is 0 Å². The van der Waals surface area contributed by atoms with Gasteiger partial charge in [0.05, 0.1) is 22.4 Å². The van der Waals surface area contributed by atoms with Crippen molar-refractivity contribution < 1.29 is 49.3 Å². The summed E-state index contributed by atoms with van der Waals surface area (Å²) in [4.78, 5) is 14.3. The molecule has 4 heterocycles. The van der Waals surface area contributed by atoms with E-state index in [4.69, 9.17) is 9.97 Å². The molecule has 1 aliphatic heterocycles. The summed E-state index contributed by atoms with van der Waals surface area (Å²) in [6.45, 7) is 39.0. The zero-order valence-electron chi connectivity index (χ0n) is 54.3. The number of imidazole rings is 1. The smallest absolute Gasteiger partial charge is 0.269 e. The summed E-state index contributed by atoms with van der Waals surface area (Å²) in [5, 5.41) is 4.79. The molecule has 6 nitrogen and oxygen atoms in total. The Labute approximate surface area is 555 Å². The fourth-order valence-electron chi connectivity index (χ4n) is 13.0. The zero-order chi connectivity index (χ0) is 60.8. The van der Waals surface area contributed by atoms with Gasteiger partial charge in [-0.3, -0.25) is 9.13 Å². The molecule has 0 saturated carbocycles. The molecule has 9 aromatic carbocycles. The van der Waals surface area contributed by atoms with Crippen LogP contribution in [0.25, 0.3) is 66.0 Å². The van der Waals surface area contributed by atoms with Gasteiger partial charge in [-0.2, -0.15) is 0 Å². The van der Waals surface area contributed by atoms with Crippen LogP contribution in [0.15, 0.2) is 182 Å². The molecular formula is C80H87Au2N6-3. The minimum atomic E-state index is 0. The van der Waals surface area contributed by atoms with Crippen molar-refractivity contribution in [1.29, 1.82) is 0 Å². The molecule has 0 atom stereocenters. The van der Waals surface area contributed by atoms with Crippen molar-refractivity contribution in [2.75, 3.05) is 9.80 Å². The molecule has 0 spiro atoms. The van der Waals surface area contributed by atoms with Crippen LogP contribution in [0, 0.1) is 13.0 Å². The summed E-state index contributed by atoms with van der Waals surface area (Å²) in [6.07, 6.45) is 3.84. The fourth-order valence-corrected chi connectivity index (χ4v) is 13.0. The van der Waals surface area contributed by atoms with E-state index >= 15 is 0 Å². The van der Waals surface area contributed by atoms with Crippen molar-refractivity contribution in [3.8, 4) is 11.4 Å². The van der Waals surface area contributed by atoms with Gasteiger partial charge in [0.15, 0.2) is 0 Å². The van der Waals surface area contributed by atoms with Crippen LogP contribution >= 0.6 is 0 Å². The number of nitrogens with zero attached hydrogens (tertiary/aromatic N) is 6. The number of hydrogen-bond donors (Lipinski definition) is 0. The summed E-state index contributed by atoms with van der Waals surface area (Å²) in [6, 6.07) is 65.6. The van der Waals surface area contributed by atoms with E-state index in [1.165, 1.54) is 111 Å². The molecule has 8 heteroatoms. The van der Waals surface area contributed by atoms with Crippen LogP contribution in [-0.4, -0.2) is 4.57 Å². The molecule has 0 N–H and O–H groups in total. The molecule has 0 bridgehead atoms. The topological polar surface area (TPSA) is 43.5 Å². The van der Waals surface area contributed by atoms with E-state index in [0.717, 1.165) is 22.1 Å². The average Bonchev–Trinajstić information content (AvgIpc) is 1.73. The van der Waals surface area contributed by atoms with Crippen LogP contribution in [0.5, 0.6) is 0 Å². The van der Waals surface area contributed by atoms with Gasteiger partial charge in [-0.25, -0.2) is 0 Å². The van der Waals surface area contributed by atoms with Gasteiger partial charge in [-0.15, -0.1) is 28.7 Å². The van der Waals surface area contributed by atoms with Gasteiger partial charge >= 0.3 is 0 Å². The molecule has 88 heavy (non-hydrogen) atoms. The monoisotopic (exact) mass is 1530 g/mol. The Morgan fingerprint density at radius 1 is 0.330 bits per heavy atom. The number of fused-ring (bicyclic) bond motifs is 8. The minimum Gasteiger partial charge on any atom is -0.657 e. The van der Waals surface area contributed by atoms with Gasteiger partial charge in [0.25, 0.3) is 6.33 Å². The van der Waals surface area contributed by atoms with Crippen LogP contribution in [-0.2, 0) is 44.8 Å². The number of benzene rings is 9. The van der Waals surface area contributed by atoms with Crippen molar-refractivity contribution in [3.63, 3.8) is 0 Å². The number of rotatable bonds is 12. The van der Waals surface area contributed by atoms with Crippen LogP contribution in [0.4, 0.5) is 22.7 Å². The average molecular weight is 1530 g/mol. The number of aromatic nitrogens is 4. The molecule has 13 rings (SSSR count). The molecule has 0 saturated heterocycles. The van der Waals surface area contributed by atoms with E-state index in [1.54, 1.807) is 0 Å². The SMILES string of the molecule is CC(C)c1cccc(C(C)C)c1-n1[c-][n+](-c2c(C(C)C)cccc2C(C)C)c2ccccc21.CC(C)c1cccc(C(C)C)c1N1[CH-]N(c2c(C(C)C)cccc2C(C)C)c2ccccc21.[Au].[Au].c1ccc2c(c1)[n-]c1cc3c(cc12)[n-]c1ccccc13. The molecule has 1 aliphatic rings. The van der Waals surface area contributed by atoms with Crippen molar-refractivity contribution in [2.45, 2.75) is 158 Å². The Morgan fingerprint density at radius 2 is 0.648 bits per heavy atom. The maximum absolute atomic E-state index is 4.72. The first kappa shape index (κ1) is 65.6. The van der Waals surface area contributed by atoms with Gasteiger partial charge < -0.3 is 19.8 Å². The Hall–Kier alpha value is -6.87. The summed E-state index contributed by atoms with van der Waals surface area (Å²) >= 11 is 0. The second kappa shape index (κ2) is 27.5. The molecule has 0 fully saturated rings. The van der Waals surface area contributed by atoms with E-state index in [2.05, 4.69) is 313 Å². The first-order valence-electron chi connectivity index (χ1n) is 31.6. The number of anilines is 4. The van der Waals surface area contributed by atoms with Crippen molar-refractivity contribution in [1.82, 2.24) is 14.5 Å². The maximum Gasteiger partial charge on any atom is 0.269 e. The molecule has 0 unspecified atom stereocenters. The number of para-hydroxylation sites is 10. The van der Waals surface area contributed by atoms with Crippen LogP contribution in [0.2, 0.25) is 0 Å². The Kier molecular flexibility index (Phi) is 20.5. The van der Waals surface area contributed by atoms with E-state index in [9.17, 15) is 0 Å². The Bertz CT molecular complexity index is 4010. The van der Waals surface area contributed by atoms with Crippen LogP contribution < -0.4 is 24.3 Å². The van der Waals surface area contributed by atoms with E-state index < -0.39 is 0 Å². The Balaban J connectivity index is 0.000000160. The summed E-state index contributed by atoms with van der Waals surface area (Å²) in [5.41, 5.74) is 25.4. The maximum atomic E-state index is 4.72. The first-order chi connectivity index (χ1) is 41.3. The molecular weight excluding hydrogens is 1440 g/mol. The predicted octanol–water partition coefficient (Wildman–Crippen LogP) is 22.0. The van der Waals surface area contributed by atoms with Crippen molar-refractivity contribution in [2.24, 2.45) is 0 Å². The summed E-state index contributed by atoms with van der Waals surface area (Å²) in [7, 11) is 0. The van der Waals surface area contributed by atoms with E-state index in [-0.39, 0.29) is 44.8 Å². The van der Waals surface area contributed by atoms with Gasteiger partial charge in [0.2, 0.25) is 0 Å². The summed E-state index contributed by atoms with van der Waals surface area (Å²) in [5.74, 6) is 3.49. The largest absolute Gasteiger partial charge is 0.657 e.